The summed E-state index contributed by atoms with van der Waals surface area (Å²) in [6, 6.07) is 13.9. The molecule has 1 amide bonds. The Morgan fingerprint density at radius 3 is 2.26 bits per heavy atom. The van der Waals surface area contributed by atoms with Crippen molar-refractivity contribution in [1.29, 1.82) is 0 Å². The molecule has 3 rings (SSSR count). The van der Waals surface area contributed by atoms with Gasteiger partial charge in [-0.05, 0) is 48.4 Å². The molecule has 0 aliphatic carbocycles. The van der Waals surface area contributed by atoms with Crippen LogP contribution >= 0.6 is 0 Å². The molecule has 1 aliphatic rings. The summed E-state index contributed by atoms with van der Waals surface area (Å²) in [5.74, 6) is 0.938. The van der Waals surface area contributed by atoms with E-state index in [9.17, 15) is 13.2 Å². The van der Waals surface area contributed by atoms with E-state index in [4.69, 9.17) is 14.2 Å². The van der Waals surface area contributed by atoms with E-state index in [1.165, 1.54) is 22.0 Å². The van der Waals surface area contributed by atoms with Gasteiger partial charge in [-0.1, -0.05) is 19.1 Å². The van der Waals surface area contributed by atoms with Crippen LogP contribution in [0.25, 0.3) is 0 Å². The minimum Gasteiger partial charge on any atom is -0.492 e. The second-order valence-corrected chi connectivity index (χ2v) is 8.91. The SMILES string of the molecule is CCc1ccc(OCC(=O)NCCOc2ccc(S(=O)(=O)N3CCOCC3)cc2)cc1. The van der Waals surface area contributed by atoms with Gasteiger partial charge >= 0.3 is 0 Å². The van der Waals surface area contributed by atoms with Gasteiger partial charge in [0.05, 0.1) is 24.7 Å². The molecule has 1 fully saturated rings. The zero-order valence-electron chi connectivity index (χ0n) is 17.6. The average Bonchev–Trinajstić information content (AvgIpc) is 2.81. The summed E-state index contributed by atoms with van der Waals surface area (Å²) in [5, 5.41) is 2.72. The van der Waals surface area contributed by atoms with Crippen molar-refractivity contribution in [3.8, 4) is 11.5 Å². The third kappa shape index (κ3) is 6.68. The molecule has 2 aromatic carbocycles. The molecular weight excluding hydrogens is 420 g/mol. The summed E-state index contributed by atoms with van der Waals surface area (Å²) < 4.78 is 42.9. The smallest absolute Gasteiger partial charge is 0.258 e. The Morgan fingerprint density at radius 1 is 1.00 bits per heavy atom. The fourth-order valence-corrected chi connectivity index (χ4v) is 4.43. The third-order valence-corrected chi connectivity index (χ3v) is 6.74. The summed E-state index contributed by atoms with van der Waals surface area (Å²) in [7, 11) is -3.52. The zero-order valence-corrected chi connectivity index (χ0v) is 18.4. The summed E-state index contributed by atoms with van der Waals surface area (Å²) in [6.45, 7) is 4.09. The molecule has 168 valence electrons. The monoisotopic (exact) mass is 448 g/mol. The zero-order chi connectivity index (χ0) is 22.1. The number of ether oxygens (including phenoxy) is 3. The summed E-state index contributed by atoms with van der Waals surface area (Å²) in [4.78, 5) is 12.1. The maximum Gasteiger partial charge on any atom is 0.258 e. The molecule has 0 saturated carbocycles. The molecule has 1 saturated heterocycles. The van der Waals surface area contributed by atoms with Crippen molar-refractivity contribution in [2.45, 2.75) is 18.2 Å². The molecule has 1 aliphatic heterocycles. The van der Waals surface area contributed by atoms with Crippen molar-refractivity contribution >= 4 is 15.9 Å². The number of nitrogens with zero attached hydrogens (tertiary/aromatic N) is 1. The van der Waals surface area contributed by atoms with Gasteiger partial charge in [0.15, 0.2) is 6.61 Å². The molecule has 8 nitrogen and oxygen atoms in total. The van der Waals surface area contributed by atoms with Crippen LogP contribution < -0.4 is 14.8 Å². The van der Waals surface area contributed by atoms with Crippen LogP contribution in [0.1, 0.15) is 12.5 Å². The first kappa shape index (κ1) is 23.1. The molecule has 31 heavy (non-hydrogen) atoms. The van der Waals surface area contributed by atoms with Crippen molar-refractivity contribution in [3.63, 3.8) is 0 Å². The minimum atomic E-state index is -3.52. The van der Waals surface area contributed by atoms with Crippen LogP contribution in [0, 0.1) is 0 Å². The lowest BCUT2D eigenvalue weighted by atomic mass is 10.2. The second kappa shape index (κ2) is 11.1. The van der Waals surface area contributed by atoms with Crippen molar-refractivity contribution in [2.75, 3.05) is 46.1 Å². The van der Waals surface area contributed by atoms with Gasteiger partial charge < -0.3 is 19.5 Å². The first-order chi connectivity index (χ1) is 15.0. The van der Waals surface area contributed by atoms with Crippen LogP contribution in [0.15, 0.2) is 53.4 Å². The maximum absolute atomic E-state index is 12.6. The van der Waals surface area contributed by atoms with Crippen molar-refractivity contribution in [1.82, 2.24) is 9.62 Å². The summed E-state index contributed by atoms with van der Waals surface area (Å²) >= 11 is 0. The van der Waals surface area contributed by atoms with Gasteiger partial charge in [-0.25, -0.2) is 8.42 Å². The predicted molar refractivity (Wildman–Crippen MR) is 116 cm³/mol. The first-order valence-electron chi connectivity index (χ1n) is 10.3. The van der Waals surface area contributed by atoms with Crippen LogP contribution in [0.3, 0.4) is 0 Å². The van der Waals surface area contributed by atoms with Crippen LogP contribution in [0.5, 0.6) is 11.5 Å². The van der Waals surface area contributed by atoms with Gasteiger partial charge in [0.25, 0.3) is 5.91 Å². The largest absolute Gasteiger partial charge is 0.492 e. The Labute approximate surface area is 183 Å². The fourth-order valence-electron chi connectivity index (χ4n) is 3.02. The minimum absolute atomic E-state index is 0.0699. The lowest BCUT2D eigenvalue weighted by molar-refractivity contribution is -0.123. The van der Waals surface area contributed by atoms with Gasteiger partial charge in [0, 0.05) is 13.1 Å². The van der Waals surface area contributed by atoms with Crippen LogP contribution in [-0.2, 0) is 26.0 Å². The molecule has 2 aromatic rings. The van der Waals surface area contributed by atoms with E-state index < -0.39 is 10.0 Å². The van der Waals surface area contributed by atoms with Gasteiger partial charge in [0.1, 0.15) is 18.1 Å². The molecular formula is C22H28N2O6S. The van der Waals surface area contributed by atoms with Crippen LogP contribution in [0.4, 0.5) is 0 Å². The number of hydrogen-bond donors (Lipinski definition) is 1. The third-order valence-electron chi connectivity index (χ3n) is 4.83. The lowest BCUT2D eigenvalue weighted by Gasteiger charge is -2.26. The van der Waals surface area contributed by atoms with Gasteiger partial charge in [-0.3, -0.25) is 4.79 Å². The molecule has 0 radical (unpaired) electrons. The molecule has 0 unspecified atom stereocenters. The fraction of sp³-hybridized carbons (Fsp3) is 0.409. The average molecular weight is 449 g/mol. The predicted octanol–water partition coefficient (Wildman–Crippen LogP) is 1.84. The number of aryl methyl sites for hydroxylation is 1. The quantitative estimate of drug-likeness (QED) is 0.558. The Hall–Kier alpha value is -2.62. The number of hydrogen-bond acceptors (Lipinski definition) is 6. The topological polar surface area (TPSA) is 94.2 Å². The molecule has 0 spiro atoms. The van der Waals surface area contributed by atoms with Gasteiger partial charge in [-0.2, -0.15) is 4.31 Å². The standard InChI is InChI=1S/C22H28N2O6S/c1-2-18-3-5-20(6-4-18)30-17-22(25)23-11-14-29-19-7-9-21(10-8-19)31(26,27)24-12-15-28-16-13-24/h3-10H,2,11-17H2,1H3,(H,23,25). The molecule has 0 bridgehead atoms. The van der Waals surface area contributed by atoms with E-state index in [0.29, 0.717) is 44.3 Å². The van der Waals surface area contributed by atoms with Crippen molar-refractivity contribution in [2.24, 2.45) is 0 Å². The lowest BCUT2D eigenvalue weighted by Crippen LogP contribution is -2.40. The number of sulfonamides is 1. The highest BCUT2D eigenvalue weighted by molar-refractivity contribution is 7.89. The number of carbonyl (C=O) groups excluding carboxylic acids is 1. The number of morpholine rings is 1. The van der Waals surface area contributed by atoms with E-state index >= 15 is 0 Å². The highest BCUT2D eigenvalue weighted by Gasteiger charge is 2.26. The summed E-state index contributed by atoms with van der Waals surface area (Å²) in [6.07, 6.45) is 0.952. The van der Waals surface area contributed by atoms with E-state index in [0.717, 1.165) is 6.42 Å². The molecule has 1 heterocycles. The van der Waals surface area contributed by atoms with Crippen LogP contribution in [0.2, 0.25) is 0 Å². The first-order valence-corrected chi connectivity index (χ1v) is 11.7. The molecule has 0 atom stereocenters. The number of benzene rings is 2. The Kier molecular flexibility index (Phi) is 8.27. The Bertz CT molecular complexity index is 939. The molecule has 9 heteroatoms. The number of rotatable bonds is 10. The van der Waals surface area contributed by atoms with E-state index in [1.54, 1.807) is 12.1 Å². The van der Waals surface area contributed by atoms with Crippen LogP contribution in [-0.4, -0.2) is 64.7 Å². The van der Waals surface area contributed by atoms with Gasteiger partial charge in [-0.15, -0.1) is 0 Å². The Balaban J connectivity index is 1.37. The highest BCUT2D eigenvalue weighted by Crippen LogP contribution is 2.20. The Morgan fingerprint density at radius 2 is 1.61 bits per heavy atom. The number of nitrogens with one attached hydrogen (secondary N) is 1. The maximum atomic E-state index is 12.6. The van der Waals surface area contributed by atoms with E-state index in [2.05, 4.69) is 12.2 Å². The van der Waals surface area contributed by atoms with Gasteiger partial charge in [0.2, 0.25) is 10.0 Å². The second-order valence-electron chi connectivity index (χ2n) is 6.97. The number of carbonyl (C=O) groups is 1. The summed E-state index contributed by atoms with van der Waals surface area (Å²) in [5.41, 5.74) is 1.21. The van der Waals surface area contributed by atoms with Crippen molar-refractivity contribution < 1.29 is 27.4 Å². The number of amides is 1. The highest BCUT2D eigenvalue weighted by atomic mass is 32.2. The van der Waals surface area contributed by atoms with Crippen molar-refractivity contribution in [3.05, 3.63) is 54.1 Å². The van der Waals surface area contributed by atoms with E-state index in [-0.39, 0.29) is 24.0 Å². The molecule has 1 N–H and O–H groups in total. The normalized spacial score (nSPS) is 14.7. The van der Waals surface area contributed by atoms with E-state index in [1.807, 2.05) is 24.3 Å². The molecule has 0 aromatic heterocycles.